The molecular formula is C13H19N5O4S. The maximum atomic E-state index is 11.8. The smallest absolute Gasteiger partial charge is 0.269 e. The largest absolute Gasteiger partial charge is 0.338 e. The number of nitrogens with one attached hydrogen (secondary N) is 2. The van der Waals surface area contributed by atoms with Gasteiger partial charge in [0, 0.05) is 17.8 Å². The Balaban J connectivity index is 1.96. The van der Waals surface area contributed by atoms with Gasteiger partial charge in [0.1, 0.15) is 6.67 Å². The summed E-state index contributed by atoms with van der Waals surface area (Å²) in [6.45, 7) is 2.54. The van der Waals surface area contributed by atoms with Crippen molar-refractivity contribution in [2.24, 2.45) is 4.99 Å². The zero-order chi connectivity index (χ0) is 16.9. The Morgan fingerprint density at radius 2 is 2.09 bits per heavy atom. The van der Waals surface area contributed by atoms with Gasteiger partial charge in [0.25, 0.3) is 5.69 Å². The molecule has 10 heteroatoms. The Labute approximate surface area is 134 Å². The van der Waals surface area contributed by atoms with Gasteiger partial charge >= 0.3 is 0 Å². The highest BCUT2D eigenvalue weighted by molar-refractivity contribution is 7.90. The van der Waals surface area contributed by atoms with Crippen LogP contribution in [0.15, 0.2) is 29.3 Å². The van der Waals surface area contributed by atoms with Gasteiger partial charge in [-0.25, -0.2) is 13.4 Å². The van der Waals surface area contributed by atoms with Crippen molar-refractivity contribution in [2.75, 3.05) is 24.0 Å². The van der Waals surface area contributed by atoms with E-state index in [2.05, 4.69) is 15.0 Å². The quantitative estimate of drug-likeness (QED) is 0.589. The molecule has 2 N–H and O–H groups in total. The van der Waals surface area contributed by atoms with Crippen LogP contribution in [0.4, 0.5) is 11.4 Å². The Morgan fingerprint density at radius 3 is 2.61 bits per heavy atom. The molecule has 1 aromatic carbocycles. The van der Waals surface area contributed by atoms with Crippen LogP contribution in [0.1, 0.15) is 19.8 Å². The van der Waals surface area contributed by atoms with Gasteiger partial charge in [-0.2, -0.15) is 0 Å². The predicted molar refractivity (Wildman–Crippen MR) is 87.7 cm³/mol. The second-order valence-electron chi connectivity index (χ2n) is 5.07. The number of rotatable bonds is 6. The van der Waals surface area contributed by atoms with Crippen molar-refractivity contribution in [1.29, 1.82) is 0 Å². The molecule has 1 aliphatic heterocycles. The first-order valence-corrected chi connectivity index (χ1v) is 8.85. The SMILES string of the molecule is CCCCS(=O)(=O)NC1=NCN(c2ccc([N+](=O)[O-])cc2)CN1. The molecule has 2 rings (SSSR count). The molecule has 0 fully saturated rings. The second kappa shape index (κ2) is 7.27. The number of nitro benzene ring substituents is 1. The zero-order valence-electron chi connectivity index (χ0n) is 12.7. The van der Waals surface area contributed by atoms with E-state index in [9.17, 15) is 18.5 Å². The number of nitrogens with zero attached hydrogens (tertiary/aromatic N) is 3. The van der Waals surface area contributed by atoms with Gasteiger partial charge in [0.2, 0.25) is 16.0 Å². The van der Waals surface area contributed by atoms with Gasteiger partial charge in [0.15, 0.2) is 0 Å². The van der Waals surface area contributed by atoms with Crippen LogP contribution in [-0.4, -0.2) is 38.4 Å². The lowest BCUT2D eigenvalue weighted by atomic mass is 10.2. The summed E-state index contributed by atoms with van der Waals surface area (Å²) in [5.41, 5.74) is 0.784. The number of aliphatic imine (C=N–C) groups is 1. The number of sulfonamides is 1. The highest BCUT2D eigenvalue weighted by atomic mass is 32.2. The summed E-state index contributed by atoms with van der Waals surface area (Å²) in [6, 6.07) is 6.10. The van der Waals surface area contributed by atoms with Crippen molar-refractivity contribution in [1.82, 2.24) is 10.0 Å². The van der Waals surface area contributed by atoms with E-state index < -0.39 is 14.9 Å². The van der Waals surface area contributed by atoms with E-state index in [-0.39, 0.29) is 24.1 Å². The maximum Gasteiger partial charge on any atom is 0.269 e. The minimum absolute atomic E-state index is 0.0200. The first-order valence-electron chi connectivity index (χ1n) is 7.19. The van der Waals surface area contributed by atoms with Crippen LogP contribution >= 0.6 is 0 Å². The molecule has 126 valence electrons. The molecule has 1 heterocycles. The van der Waals surface area contributed by atoms with Crippen molar-refractivity contribution in [3.05, 3.63) is 34.4 Å². The summed E-state index contributed by atoms with van der Waals surface area (Å²) in [5, 5.41) is 13.5. The van der Waals surface area contributed by atoms with Crippen LogP contribution in [0.3, 0.4) is 0 Å². The van der Waals surface area contributed by atoms with Gasteiger partial charge in [-0.05, 0) is 18.6 Å². The molecule has 0 unspecified atom stereocenters. The first-order chi connectivity index (χ1) is 10.9. The van der Waals surface area contributed by atoms with Crippen LogP contribution in [0.2, 0.25) is 0 Å². The van der Waals surface area contributed by atoms with E-state index in [0.29, 0.717) is 13.1 Å². The number of unbranched alkanes of at least 4 members (excludes halogenated alkanes) is 1. The normalized spacial score (nSPS) is 14.8. The topological polar surface area (TPSA) is 117 Å². The second-order valence-corrected chi connectivity index (χ2v) is 6.91. The van der Waals surface area contributed by atoms with Crippen LogP contribution in [0, 0.1) is 10.1 Å². The van der Waals surface area contributed by atoms with E-state index in [0.717, 1.165) is 12.1 Å². The predicted octanol–water partition coefficient (Wildman–Crippen LogP) is 0.995. The van der Waals surface area contributed by atoms with Gasteiger partial charge < -0.3 is 10.2 Å². The summed E-state index contributed by atoms with van der Waals surface area (Å²) in [7, 11) is -3.38. The van der Waals surface area contributed by atoms with Crippen molar-refractivity contribution in [3.8, 4) is 0 Å². The molecule has 1 aromatic rings. The highest BCUT2D eigenvalue weighted by Gasteiger charge is 2.17. The molecule has 23 heavy (non-hydrogen) atoms. The fraction of sp³-hybridized carbons (Fsp3) is 0.462. The number of hydrogen-bond acceptors (Lipinski definition) is 7. The Bertz CT molecular complexity index is 687. The fourth-order valence-corrected chi connectivity index (χ4v) is 3.19. The molecule has 0 amide bonds. The summed E-state index contributed by atoms with van der Waals surface area (Å²) >= 11 is 0. The Hall–Kier alpha value is -2.36. The molecule has 0 radical (unpaired) electrons. The van der Waals surface area contributed by atoms with E-state index in [1.807, 2.05) is 11.8 Å². The monoisotopic (exact) mass is 341 g/mol. The average Bonchev–Trinajstić information content (AvgIpc) is 2.53. The summed E-state index contributed by atoms with van der Waals surface area (Å²) in [5.74, 6) is 0.287. The summed E-state index contributed by atoms with van der Waals surface area (Å²) in [6.07, 6.45) is 1.40. The molecule has 0 aliphatic carbocycles. The zero-order valence-corrected chi connectivity index (χ0v) is 13.5. The molecule has 0 bridgehead atoms. The molecule has 0 atom stereocenters. The standard InChI is InChI=1S/C13H19N5O4S/c1-2-3-8-23(21,22)16-13-14-9-17(10-15-13)11-4-6-12(7-5-11)18(19)20/h4-7H,2-3,8-10H2,1H3,(H2,14,15,16). The van der Waals surface area contributed by atoms with Crippen molar-refractivity contribution in [2.45, 2.75) is 19.8 Å². The number of non-ortho nitro benzene ring substituents is 1. The van der Waals surface area contributed by atoms with Crippen molar-refractivity contribution >= 4 is 27.4 Å². The first kappa shape index (κ1) is 17.0. The number of hydrogen-bond donors (Lipinski definition) is 2. The van der Waals surface area contributed by atoms with E-state index in [1.54, 1.807) is 12.1 Å². The number of anilines is 1. The third kappa shape index (κ3) is 4.81. The van der Waals surface area contributed by atoms with Gasteiger partial charge in [-0.1, -0.05) is 13.3 Å². The molecule has 9 nitrogen and oxygen atoms in total. The number of guanidine groups is 1. The summed E-state index contributed by atoms with van der Waals surface area (Å²) in [4.78, 5) is 16.1. The average molecular weight is 341 g/mol. The van der Waals surface area contributed by atoms with E-state index >= 15 is 0 Å². The van der Waals surface area contributed by atoms with Crippen molar-refractivity contribution < 1.29 is 13.3 Å². The third-order valence-corrected chi connectivity index (χ3v) is 4.61. The lowest BCUT2D eigenvalue weighted by Crippen LogP contribution is -2.50. The Kier molecular flexibility index (Phi) is 5.37. The maximum absolute atomic E-state index is 11.8. The Morgan fingerprint density at radius 1 is 1.39 bits per heavy atom. The third-order valence-electron chi connectivity index (χ3n) is 3.28. The molecule has 0 aromatic heterocycles. The minimum atomic E-state index is -3.38. The minimum Gasteiger partial charge on any atom is -0.338 e. The van der Waals surface area contributed by atoms with Crippen LogP contribution in [-0.2, 0) is 10.0 Å². The highest BCUT2D eigenvalue weighted by Crippen LogP contribution is 2.19. The number of benzene rings is 1. The van der Waals surface area contributed by atoms with Gasteiger partial charge in [-0.15, -0.1) is 0 Å². The molecular weight excluding hydrogens is 322 g/mol. The summed E-state index contributed by atoms with van der Waals surface area (Å²) < 4.78 is 26.0. The van der Waals surface area contributed by atoms with E-state index in [1.165, 1.54) is 12.1 Å². The molecule has 1 aliphatic rings. The van der Waals surface area contributed by atoms with Crippen LogP contribution in [0.5, 0.6) is 0 Å². The van der Waals surface area contributed by atoms with Crippen LogP contribution in [0.25, 0.3) is 0 Å². The van der Waals surface area contributed by atoms with E-state index in [4.69, 9.17) is 0 Å². The molecule has 0 saturated heterocycles. The van der Waals surface area contributed by atoms with Crippen LogP contribution < -0.4 is 14.9 Å². The molecule has 0 spiro atoms. The van der Waals surface area contributed by atoms with Crippen molar-refractivity contribution in [3.63, 3.8) is 0 Å². The molecule has 0 saturated carbocycles. The number of nitro groups is 1. The lowest BCUT2D eigenvalue weighted by Gasteiger charge is -2.28. The fourth-order valence-electron chi connectivity index (χ4n) is 1.99. The van der Waals surface area contributed by atoms with Gasteiger partial charge in [-0.3, -0.25) is 14.8 Å². The lowest BCUT2D eigenvalue weighted by molar-refractivity contribution is -0.384. The van der Waals surface area contributed by atoms with Gasteiger partial charge in [0.05, 0.1) is 17.3 Å².